The van der Waals surface area contributed by atoms with Crippen molar-refractivity contribution in [1.29, 1.82) is 0 Å². The van der Waals surface area contributed by atoms with Crippen LogP contribution in [0.5, 0.6) is 11.5 Å². The molecule has 0 aromatic heterocycles. The lowest BCUT2D eigenvalue weighted by Gasteiger charge is -2.41. The Kier molecular flexibility index (Phi) is 7.36. The lowest BCUT2D eigenvalue weighted by molar-refractivity contribution is -0.225. The number of rotatable bonds is 7. The van der Waals surface area contributed by atoms with Crippen molar-refractivity contribution in [3.8, 4) is 11.5 Å². The molecule has 0 saturated carbocycles. The molecule has 11 nitrogen and oxygen atoms in total. The van der Waals surface area contributed by atoms with Gasteiger partial charge in [0.05, 0.1) is 30.4 Å². The zero-order valence-corrected chi connectivity index (χ0v) is 22.4. The summed E-state index contributed by atoms with van der Waals surface area (Å²) in [6, 6.07) is 4.25. The van der Waals surface area contributed by atoms with Crippen molar-refractivity contribution in [3.05, 3.63) is 57.1 Å². The fourth-order valence-electron chi connectivity index (χ4n) is 6.11. The van der Waals surface area contributed by atoms with E-state index in [0.717, 1.165) is 0 Å². The molecule has 1 saturated heterocycles. The highest BCUT2D eigenvalue weighted by Crippen LogP contribution is 2.50. The normalized spacial score (nSPS) is 27.4. The van der Waals surface area contributed by atoms with Gasteiger partial charge in [-0.25, -0.2) is 0 Å². The summed E-state index contributed by atoms with van der Waals surface area (Å²) in [7, 11) is 2.66. The molecule has 0 spiro atoms. The number of ketones is 3. The van der Waals surface area contributed by atoms with Crippen LogP contribution in [0.15, 0.2) is 18.2 Å². The number of hydrogen-bond donors (Lipinski definition) is 3. The monoisotopic (exact) mass is 553 g/mol. The molecule has 5 rings (SSSR count). The third kappa shape index (κ3) is 4.43. The van der Waals surface area contributed by atoms with Crippen LogP contribution in [0.3, 0.4) is 0 Å². The summed E-state index contributed by atoms with van der Waals surface area (Å²) in [5.74, 6) is -2.48. The van der Waals surface area contributed by atoms with Crippen molar-refractivity contribution in [1.82, 2.24) is 0 Å². The Bertz CT molecular complexity index is 1410. The van der Waals surface area contributed by atoms with Gasteiger partial charge in [-0.1, -0.05) is 12.1 Å². The summed E-state index contributed by atoms with van der Waals surface area (Å²) in [4.78, 5) is 53.1. The van der Waals surface area contributed by atoms with Gasteiger partial charge in [0.25, 0.3) is 0 Å². The van der Waals surface area contributed by atoms with Gasteiger partial charge in [-0.05, 0) is 25.0 Å². The molecule has 212 valence electrons. The van der Waals surface area contributed by atoms with Gasteiger partial charge in [0, 0.05) is 54.7 Å². The van der Waals surface area contributed by atoms with Crippen molar-refractivity contribution in [2.75, 3.05) is 20.8 Å². The van der Waals surface area contributed by atoms with Gasteiger partial charge < -0.3 is 34.9 Å². The van der Waals surface area contributed by atoms with Crippen LogP contribution in [0.2, 0.25) is 0 Å². The Labute approximate surface area is 230 Å². The maximum atomic E-state index is 13.8. The molecule has 2 aromatic carbocycles. The quantitative estimate of drug-likeness (QED) is 0.364. The first-order valence-electron chi connectivity index (χ1n) is 13.0. The zero-order valence-electron chi connectivity index (χ0n) is 22.4. The Balaban J connectivity index is 1.73. The summed E-state index contributed by atoms with van der Waals surface area (Å²) in [5.41, 5.74) is 3.27. The van der Waals surface area contributed by atoms with Gasteiger partial charge in [-0.2, -0.15) is 0 Å². The van der Waals surface area contributed by atoms with Gasteiger partial charge in [0.2, 0.25) is 5.78 Å². The molecule has 0 amide bonds. The summed E-state index contributed by atoms with van der Waals surface area (Å²) in [6.07, 6.45) is -1.72. The Morgan fingerprint density at radius 1 is 1.18 bits per heavy atom. The van der Waals surface area contributed by atoms with Gasteiger partial charge in [-0.15, -0.1) is 0 Å². The van der Waals surface area contributed by atoms with Gasteiger partial charge >= 0.3 is 0 Å². The van der Waals surface area contributed by atoms with E-state index in [-0.39, 0.29) is 63.3 Å². The third-order valence-corrected chi connectivity index (χ3v) is 7.89. The summed E-state index contributed by atoms with van der Waals surface area (Å²) < 4.78 is 22.4. The number of ether oxygens (including phenoxy) is 4. The maximum absolute atomic E-state index is 13.8. The standard InChI is InChI=1S/C29H31NO10/c1-13-7-14(30)8-21(39-13)40-19-10-29(36,20(32)12-37-2)9-16-17(11-31)24-25(28(35)23(16)19)27(34)22-15(26(24)33)5-4-6-18(22)38-3/h4-6,11,13-14,19,21,35-36H,7-10,12,30H2,1-3H3/t13?,14?,19?,21?,29-/m0/s1. The highest BCUT2D eigenvalue weighted by atomic mass is 16.7. The molecule has 3 aliphatic rings. The average Bonchev–Trinajstić information content (AvgIpc) is 2.90. The number of carbonyl (C=O) groups excluding carboxylic acids is 4. The van der Waals surface area contributed by atoms with Crippen molar-refractivity contribution in [3.63, 3.8) is 0 Å². The van der Waals surface area contributed by atoms with Crippen LogP contribution in [0.1, 0.15) is 85.6 Å². The lowest BCUT2D eigenvalue weighted by atomic mass is 9.70. The minimum atomic E-state index is -2.06. The number of Topliss-reactive ketones (excluding diaryl/α,β-unsaturated/α-hetero) is 1. The number of benzene rings is 2. The van der Waals surface area contributed by atoms with E-state index in [4.69, 9.17) is 24.7 Å². The summed E-state index contributed by atoms with van der Waals surface area (Å²) in [6.45, 7) is 1.41. The second-order valence-corrected chi connectivity index (χ2v) is 10.6. The fraction of sp³-hybridized carbons (Fsp3) is 0.448. The summed E-state index contributed by atoms with van der Waals surface area (Å²) >= 11 is 0. The number of phenols is 1. The highest BCUT2D eigenvalue weighted by molar-refractivity contribution is 6.32. The van der Waals surface area contributed by atoms with Crippen molar-refractivity contribution in [2.45, 2.75) is 62.7 Å². The van der Waals surface area contributed by atoms with E-state index in [9.17, 15) is 29.4 Å². The molecule has 2 aliphatic carbocycles. The molecule has 5 atom stereocenters. The van der Waals surface area contributed by atoms with Crippen LogP contribution in [-0.4, -0.2) is 78.7 Å². The molecule has 4 unspecified atom stereocenters. The average molecular weight is 554 g/mol. The second kappa shape index (κ2) is 10.5. The van der Waals surface area contributed by atoms with Crippen LogP contribution in [0, 0.1) is 0 Å². The molecule has 1 aliphatic heterocycles. The number of aldehydes is 1. The van der Waals surface area contributed by atoms with Crippen LogP contribution in [0.4, 0.5) is 0 Å². The fourth-order valence-corrected chi connectivity index (χ4v) is 6.11. The molecule has 1 fully saturated rings. The van der Waals surface area contributed by atoms with Crippen LogP contribution >= 0.6 is 0 Å². The Hall–Kier alpha value is -3.48. The first-order valence-corrected chi connectivity index (χ1v) is 13.0. The Morgan fingerprint density at radius 3 is 2.58 bits per heavy atom. The molecule has 11 heteroatoms. The predicted molar refractivity (Wildman–Crippen MR) is 139 cm³/mol. The molecule has 1 heterocycles. The van der Waals surface area contributed by atoms with E-state index in [1.807, 2.05) is 6.92 Å². The number of phenolic OH excluding ortho intramolecular Hbond substituents is 1. The molecule has 0 radical (unpaired) electrons. The van der Waals surface area contributed by atoms with E-state index in [0.29, 0.717) is 19.1 Å². The molecule has 40 heavy (non-hydrogen) atoms. The SMILES string of the molecule is COCC(=O)[C@]1(O)Cc2c(C=O)c3c(c(O)c2C(OC2CC(N)CC(C)O2)C1)C(=O)c1c(OC)cccc1C3=O. The molecular weight excluding hydrogens is 522 g/mol. The number of aromatic hydroxyl groups is 1. The van der Waals surface area contributed by atoms with Crippen molar-refractivity contribution in [2.24, 2.45) is 5.73 Å². The van der Waals surface area contributed by atoms with Crippen LogP contribution in [0.25, 0.3) is 0 Å². The number of fused-ring (bicyclic) bond motifs is 3. The van der Waals surface area contributed by atoms with Crippen LogP contribution < -0.4 is 10.5 Å². The second-order valence-electron chi connectivity index (χ2n) is 10.6. The maximum Gasteiger partial charge on any atom is 0.202 e. The third-order valence-electron chi connectivity index (χ3n) is 7.89. The smallest absolute Gasteiger partial charge is 0.202 e. The van der Waals surface area contributed by atoms with E-state index >= 15 is 0 Å². The van der Waals surface area contributed by atoms with Gasteiger partial charge in [-0.3, -0.25) is 19.2 Å². The zero-order chi connectivity index (χ0) is 28.9. The van der Waals surface area contributed by atoms with Gasteiger partial charge in [0.15, 0.2) is 24.1 Å². The summed E-state index contributed by atoms with van der Waals surface area (Å²) in [5, 5.41) is 23.2. The largest absolute Gasteiger partial charge is 0.507 e. The Morgan fingerprint density at radius 2 is 1.93 bits per heavy atom. The number of aliphatic hydroxyl groups is 1. The lowest BCUT2D eigenvalue weighted by Crippen LogP contribution is -2.49. The number of carbonyl (C=O) groups is 4. The van der Waals surface area contributed by atoms with Crippen molar-refractivity contribution < 1.29 is 48.3 Å². The first kappa shape index (κ1) is 28.1. The van der Waals surface area contributed by atoms with Crippen LogP contribution in [-0.2, 0) is 25.4 Å². The van der Waals surface area contributed by atoms with E-state index in [1.54, 1.807) is 0 Å². The van der Waals surface area contributed by atoms with E-state index < -0.39 is 54.1 Å². The first-order chi connectivity index (χ1) is 19.0. The predicted octanol–water partition coefficient (Wildman–Crippen LogP) is 1.79. The number of nitrogens with two attached hydrogens (primary N) is 1. The van der Waals surface area contributed by atoms with Crippen molar-refractivity contribution >= 4 is 23.6 Å². The minimum Gasteiger partial charge on any atom is -0.507 e. The highest BCUT2D eigenvalue weighted by Gasteiger charge is 2.49. The van der Waals surface area contributed by atoms with E-state index in [1.165, 1.54) is 32.4 Å². The topological polar surface area (TPSA) is 172 Å². The molecule has 2 aromatic rings. The number of hydrogen-bond acceptors (Lipinski definition) is 11. The molecule has 0 bridgehead atoms. The van der Waals surface area contributed by atoms with Gasteiger partial charge in [0.1, 0.15) is 23.7 Å². The number of methoxy groups -OCH3 is 2. The molecule has 4 N–H and O–H groups in total. The van der Waals surface area contributed by atoms with E-state index in [2.05, 4.69) is 0 Å². The molecular formula is C29H31NO10. The minimum absolute atomic E-state index is 0.00668.